The number of likely N-dealkylation sites (tertiary alicyclic amines) is 1. The fraction of sp³-hybridized carbons (Fsp3) is 0.929. The maximum absolute atomic E-state index is 10.9. The van der Waals surface area contributed by atoms with E-state index in [4.69, 9.17) is 5.11 Å². The van der Waals surface area contributed by atoms with E-state index in [1.54, 1.807) is 0 Å². The Morgan fingerprint density at radius 2 is 1.94 bits per heavy atom. The summed E-state index contributed by atoms with van der Waals surface area (Å²) < 4.78 is 0. The Kier molecular flexibility index (Phi) is 4.62. The SMILES string of the molecule is CN1CCC(N(C)CC2CCC(C(=O)O)CC2)C1. The highest BCUT2D eigenvalue weighted by atomic mass is 16.4. The molecular weight excluding hydrogens is 228 g/mol. The lowest BCUT2D eigenvalue weighted by atomic mass is 9.82. The summed E-state index contributed by atoms with van der Waals surface area (Å²) in [5, 5.41) is 8.99. The number of carboxylic acid groups (broad SMARTS) is 1. The van der Waals surface area contributed by atoms with Gasteiger partial charge in [-0.15, -0.1) is 0 Å². The van der Waals surface area contributed by atoms with E-state index in [2.05, 4.69) is 23.9 Å². The van der Waals surface area contributed by atoms with Gasteiger partial charge in [-0.2, -0.15) is 0 Å². The number of aliphatic carboxylic acids is 1. The zero-order valence-corrected chi connectivity index (χ0v) is 11.6. The van der Waals surface area contributed by atoms with Crippen LogP contribution in [0.3, 0.4) is 0 Å². The molecule has 18 heavy (non-hydrogen) atoms. The van der Waals surface area contributed by atoms with Crippen LogP contribution in [0.5, 0.6) is 0 Å². The lowest BCUT2D eigenvalue weighted by Gasteiger charge is -2.32. The molecule has 0 spiro atoms. The van der Waals surface area contributed by atoms with Gasteiger partial charge in [0.25, 0.3) is 0 Å². The summed E-state index contributed by atoms with van der Waals surface area (Å²) in [7, 11) is 4.42. The summed E-state index contributed by atoms with van der Waals surface area (Å²) >= 11 is 0. The second-order valence-electron chi connectivity index (χ2n) is 6.20. The highest BCUT2D eigenvalue weighted by Gasteiger charge is 2.29. The Hall–Kier alpha value is -0.610. The van der Waals surface area contributed by atoms with E-state index in [0.29, 0.717) is 12.0 Å². The van der Waals surface area contributed by atoms with Crippen LogP contribution in [0, 0.1) is 11.8 Å². The highest BCUT2D eigenvalue weighted by Crippen LogP contribution is 2.30. The third-order valence-corrected chi connectivity index (χ3v) is 4.73. The van der Waals surface area contributed by atoms with Gasteiger partial charge in [0, 0.05) is 19.1 Å². The second-order valence-corrected chi connectivity index (χ2v) is 6.20. The highest BCUT2D eigenvalue weighted by molar-refractivity contribution is 5.69. The lowest BCUT2D eigenvalue weighted by Crippen LogP contribution is -2.38. The van der Waals surface area contributed by atoms with Gasteiger partial charge >= 0.3 is 5.97 Å². The first kappa shape index (κ1) is 13.8. The number of hydrogen-bond donors (Lipinski definition) is 1. The van der Waals surface area contributed by atoms with Crippen LogP contribution in [-0.2, 0) is 4.79 Å². The molecule has 1 heterocycles. The van der Waals surface area contributed by atoms with Gasteiger partial charge in [0.05, 0.1) is 5.92 Å². The van der Waals surface area contributed by atoms with Crippen LogP contribution in [0.4, 0.5) is 0 Å². The molecule has 2 fully saturated rings. The predicted octanol–water partition coefficient (Wildman–Crippen LogP) is 1.51. The van der Waals surface area contributed by atoms with Gasteiger partial charge in [0.1, 0.15) is 0 Å². The zero-order valence-electron chi connectivity index (χ0n) is 11.6. The minimum atomic E-state index is -0.598. The molecule has 0 radical (unpaired) electrons. The molecular formula is C14H26N2O2. The average molecular weight is 254 g/mol. The Morgan fingerprint density at radius 1 is 1.28 bits per heavy atom. The molecule has 1 saturated carbocycles. The quantitative estimate of drug-likeness (QED) is 0.826. The molecule has 0 aromatic heterocycles. The van der Waals surface area contributed by atoms with Crippen LogP contribution in [0.2, 0.25) is 0 Å². The Bertz CT molecular complexity index is 288. The van der Waals surface area contributed by atoms with E-state index >= 15 is 0 Å². The fourth-order valence-corrected chi connectivity index (χ4v) is 3.42. The van der Waals surface area contributed by atoms with Crippen LogP contribution >= 0.6 is 0 Å². The van der Waals surface area contributed by atoms with Crippen molar-refractivity contribution in [1.82, 2.24) is 9.80 Å². The monoisotopic (exact) mass is 254 g/mol. The van der Waals surface area contributed by atoms with Gasteiger partial charge in [-0.25, -0.2) is 0 Å². The van der Waals surface area contributed by atoms with Crippen LogP contribution in [0.1, 0.15) is 32.1 Å². The van der Waals surface area contributed by atoms with Gasteiger partial charge < -0.3 is 14.9 Å². The molecule has 0 aromatic rings. The van der Waals surface area contributed by atoms with Crippen molar-refractivity contribution in [2.45, 2.75) is 38.1 Å². The summed E-state index contributed by atoms with van der Waals surface area (Å²) in [5.74, 6) is 0.0277. The Morgan fingerprint density at radius 3 is 2.44 bits per heavy atom. The summed E-state index contributed by atoms with van der Waals surface area (Å²) in [6, 6.07) is 0.701. The van der Waals surface area contributed by atoms with Crippen LogP contribution in [0.25, 0.3) is 0 Å². The zero-order chi connectivity index (χ0) is 13.1. The topological polar surface area (TPSA) is 43.8 Å². The lowest BCUT2D eigenvalue weighted by molar-refractivity contribution is -0.143. The number of likely N-dealkylation sites (N-methyl/N-ethyl adjacent to an activating group) is 2. The summed E-state index contributed by atoms with van der Waals surface area (Å²) in [5.41, 5.74) is 0. The number of nitrogens with zero attached hydrogens (tertiary/aromatic N) is 2. The minimum absolute atomic E-state index is 0.0795. The predicted molar refractivity (Wildman–Crippen MR) is 71.6 cm³/mol. The van der Waals surface area contributed by atoms with E-state index in [1.165, 1.54) is 19.5 Å². The maximum Gasteiger partial charge on any atom is 0.306 e. The van der Waals surface area contributed by atoms with Crippen LogP contribution in [0.15, 0.2) is 0 Å². The maximum atomic E-state index is 10.9. The van der Waals surface area contributed by atoms with E-state index in [1.807, 2.05) is 0 Å². The van der Waals surface area contributed by atoms with E-state index in [-0.39, 0.29) is 5.92 Å². The standard InChI is InChI=1S/C14H26N2O2/c1-15-8-7-13(10-15)16(2)9-11-3-5-12(6-4-11)14(17)18/h11-13H,3-10H2,1-2H3,(H,17,18). The molecule has 2 aliphatic rings. The summed E-state index contributed by atoms with van der Waals surface area (Å²) in [6.07, 6.45) is 5.20. The molecule has 2 rings (SSSR count). The first-order valence-electron chi connectivity index (χ1n) is 7.18. The molecule has 1 N–H and O–H groups in total. The van der Waals surface area contributed by atoms with Gasteiger partial charge in [-0.05, 0) is 58.7 Å². The van der Waals surface area contributed by atoms with Gasteiger partial charge in [0.2, 0.25) is 0 Å². The first-order chi connectivity index (χ1) is 8.56. The third kappa shape index (κ3) is 3.45. The number of carbonyl (C=O) groups is 1. The number of carboxylic acids is 1. The number of hydrogen-bond acceptors (Lipinski definition) is 3. The van der Waals surface area contributed by atoms with E-state index < -0.39 is 5.97 Å². The normalized spacial score (nSPS) is 34.1. The smallest absolute Gasteiger partial charge is 0.306 e. The van der Waals surface area contributed by atoms with Crippen molar-refractivity contribution >= 4 is 5.97 Å². The van der Waals surface area contributed by atoms with Crippen molar-refractivity contribution in [1.29, 1.82) is 0 Å². The van der Waals surface area contributed by atoms with Crippen molar-refractivity contribution in [3.8, 4) is 0 Å². The molecule has 4 heteroatoms. The largest absolute Gasteiger partial charge is 0.481 e. The molecule has 1 aliphatic carbocycles. The molecule has 4 nitrogen and oxygen atoms in total. The molecule has 1 unspecified atom stereocenters. The fourth-order valence-electron chi connectivity index (χ4n) is 3.42. The Labute approximate surface area is 110 Å². The van der Waals surface area contributed by atoms with Gasteiger partial charge in [-0.3, -0.25) is 4.79 Å². The van der Waals surface area contributed by atoms with Crippen LogP contribution in [-0.4, -0.2) is 60.6 Å². The molecule has 1 aliphatic heterocycles. The average Bonchev–Trinajstić information content (AvgIpc) is 2.76. The first-order valence-corrected chi connectivity index (χ1v) is 7.18. The van der Waals surface area contributed by atoms with Gasteiger partial charge in [-0.1, -0.05) is 0 Å². The molecule has 0 aromatic carbocycles. The minimum Gasteiger partial charge on any atom is -0.481 e. The summed E-state index contributed by atoms with van der Waals surface area (Å²) in [6.45, 7) is 3.53. The molecule has 0 amide bonds. The van der Waals surface area contributed by atoms with Crippen molar-refractivity contribution < 1.29 is 9.90 Å². The van der Waals surface area contributed by atoms with Crippen molar-refractivity contribution in [2.24, 2.45) is 11.8 Å². The second kappa shape index (κ2) is 6.02. The summed E-state index contributed by atoms with van der Waals surface area (Å²) in [4.78, 5) is 15.8. The Balaban J connectivity index is 1.72. The molecule has 104 valence electrons. The van der Waals surface area contributed by atoms with Gasteiger partial charge in [0.15, 0.2) is 0 Å². The van der Waals surface area contributed by atoms with Crippen molar-refractivity contribution in [2.75, 3.05) is 33.7 Å². The number of rotatable bonds is 4. The van der Waals surface area contributed by atoms with Crippen LogP contribution < -0.4 is 0 Å². The van der Waals surface area contributed by atoms with Crippen molar-refractivity contribution in [3.63, 3.8) is 0 Å². The van der Waals surface area contributed by atoms with E-state index in [0.717, 1.165) is 32.2 Å². The molecule has 0 bridgehead atoms. The molecule has 1 atom stereocenters. The van der Waals surface area contributed by atoms with E-state index in [9.17, 15) is 4.79 Å². The molecule has 1 saturated heterocycles. The van der Waals surface area contributed by atoms with Crippen molar-refractivity contribution in [3.05, 3.63) is 0 Å². The third-order valence-electron chi connectivity index (χ3n) is 4.73.